The molecule has 6 amide bonds. The Kier molecular flexibility index (Phi) is 37.3. The average Bonchev–Trinajstić information content (AvgIpc) is 3.48. The number of hydrogen-bond acceptors (Lipinski definition) is 18. The molecule has 38 heteroatoms. The van der Waals surface area contributed by atoms with E-state index in [0.717, 1.165) is 0 Å². The maximum atomic E-state index is 14.6. The molecule has 0 heterocycles. The van der Waals surface area contributed by atoms with E-state index in [9.17, 15) is 38.4 Å². The lowest BCUT2D eigenvalue weighted by Crippen LogP contribution is -2.60. The quantitative estimate of drug-likeness (QED) is 0.00673. The Balaban J connectivity index is 7.31. The van der Waals surface area contributed by atoms with Gasteiger partial charge in [-0.25, -0.2) is 5.43 Å². The van der Waals surface area contributed by atoms with E-state index >= 15 is 0 Å². The third-order valence-corrected chi connectivity index (χ3v) is 11.9. The van der Waals surface area contributed by atoms with E-state index in [0.29, 0.717) is 6.42 Å². The van der Waals surface area contributed by atoms with Gasteiger partial charge in [0.1, 0.15) is 30.2 Å². The molecule has 0 saturated carbocycles. The topological polar surface area (TPSA) is 706 Å². The first-order valence-corrected chi connectivity index (χ1v) is 26.8. The van der Waals surface area contributed by atoms with Crippen LogP contribution in [0, 0.1) is 37.9 Å². The molecule has 8 atom stereocenters. The van der Waals surface area contributed by atoms with Gasteiger partial charge in [-0.15, -0.1) is 0 Å². The van der Waals surface area contributed by atoms with E-state index in [1.165, 1.54) is 6.92 Å². The van der Waals surface area contributed by atoms with Crippen LogP contribution in [0.2, 0.25) is 0 Å². The minimum Gasteiger partial charge on any atom is -0.370 e. The fourth-order valence-corrected chi connectivity index (χ4v) is 7.64. The highest BCUT2D eigenvalue weighted by Gasteiger charge is 2.35. The molecule has 0 saturated heterocycles. The minimum atomic E-state index is -1.50. The number of guanidine groups is 7. The fraction of sp³-hybridized carbons (Fsp3) is 0.667. The molecule has 0 spiro atoms. The SMILES string of the molecule is C[C@H](N)C(=O)C(=O)[C@H](CCCNC(=N)N)NC(=O)[C@H](CCCNC(=N)N)NC(=O)[C@H](CCCNC(=N)N)NC(=O)[C@H](CCCNC(=N)N)NC(=O)[C@H](CCCNC(=N)N)NC(=O)[C@H](CCCNC(=N)N)NC(=O)[C@H](CCCNC(=N)N)NN. The van der Waals surface area contributed by atoms with Gasteiger partial charge in [0.05, 0.1) is 18.1 Å². The Morgan fingerprint density at radius 3 is 0.651 bits per heavy atom. The molecule has 0 fully saturated rings. The largest absolute Gasteiger partial charge is 0.370 e. The lowest BCUT2D eigenvalue weighted by atomic mass is 9.99. The predicted octanol–water partition coefficient (Wildman–Crippen LogP) is -9.94. The Bertz CT molecular complexity index is 2200. The van der Waals surface area contributed by atoms with Gasteiger partial charge in [0, 0.05) is 45.8 Å². The van der Waals surface area contributed by atoms with E-state index in [-0.39, 0.29) is 159 Å². The van der Waals surface area contributed by atoms with Gasteiger partial charge in [0.25, 0.3) is 0 Å². The molecule has 0 radical (unpaired) electrons. The van der Waals surface area contributed by atoms with Gasteiger partial charge in [0.2, 0.25) is 47.0 Å². The van der Waals surface area contributed by atoms with Crippen LogP contribution in [0.3, 0.4) is 0 Å². The highest BCUT2D eigenvalue weighted by atomic mass is 16.2. The summed E-state index contributed by atoms with van der Waals surface area (Å²) >= 11 is 0. The maximum absolute atomic E-state index is 14.6. The second kappa shape index (κ2) is 41.9. The highest BCUT2D eigenvalue weighted by molar-refractivity contribution is 6.41. The number of nitrogens with two attached hydrogens (primary N) is 9. The van der Waals surface area contributed by atoms with Gasteiger partial charge >= 0.3 is 0 Å². The Labute approximate surface area is 481 Å². The first-order valence-electron chi connectivity index (χ1n) is 26.8. The van der Waals surface area contributed by atoms with Gasteiger partial charge in [0.15, 0.2) is 41.7 Å². The molecule has 39 N–H and O–H groups in total. The number of hydrazine groups is 1. The van der Waals surface area contributed by atoms with Crippen LogP contribution in [0.4, 0.5) is 0 Å². The van der Waals surface area contributed by atoms with Crippen LogP contribution in [-0.2, 0) is 38.4 Å². The summed E-state index contributed by atoms with van der Waals surface area (Å²) in [6.45, 7) is 1.86. The van der Waals surface area contributed by atoms with Crippen LogP contribution in [-0.4, -0.2) is 183 Å². The van der Waals surface area contributed by atoms with E-state index in [4.69, 9.17) is 89.6 Å². The van der Waals surface area contributed by atoms with Crippen LogP contribution >= 0.6 is 0 Å². The molecule has 0 unspecified atom stereocenters. The second-order valence-corrected chi connectivity index (χ2v) is 19.0. The molecule has 0 aliphatic rings. The molecular formula is C45H92N30O8. The van der Waals surface area contributed by atoms with Crippen molar-refractivity contribution < 1.29 is 38.4 Å². The van der Waals surface area contributed by atoms with Crippen LogP contribution < -0.4 is 126 Å². The number of ketones is 2. The number of hydrogen-bond donors (Lipinski definition) is 30. The summed E-state index contributed by atoms with van der Waals surface area (Å²) in [5.74, 6) is -4.21. The van der Waals surface area contributed by atoms with E-state index in [1.54, 1.807) is 0 Å². The van der Waals surface area contributed by atoms with E-state index in [2.05, 4.69) is 74.5 Å². The molecule has 0 aromatic heterocycles. The van der Waals surface area contributed by atoms with E-state index in [1.807, 2.05) is 0 Å². The van der Waals surface area contributed by atoms with E-state index < -0.39 is 107 Å². The molecule has 470 valence electrons. The van der Waals surface area contributed by atoms with Crippen molar-refractivity contribution in [2.45, 2.75) is 145 Å². The van der Waals surface area contributed by atoms with Crippen molar-refractivity contribution in [2.75, 3.05) is 45.8 Å². The number of nitrogens with one attached hydrogen (secondary N) is 21. The van der Waals surface area contributed by atoms with Crippen molar-refractivity contribution in [3.05, 3.63) is 0 Å². The number of carbonyl (C=O) groups is 8. The molecule has 0 bridgehead atoms. The number of Topliss-reactive ketones (excluding diaryl/α,β-unsaturated/α-hetero) is 2. The fourth-order valence-electron chi connectivity index (χ4n) is 7.64. The van der Waals surface area contributed by atoms with Crippen LogP contribution in [0.1, 0.15) is 96.8 Å². The van der Waals surface area contributed by atoms with Crippen LogP contribution in [0.5, 0.6) is 0 Å². The zero-order chi connectivity index (χ0) is 63.0. The Morgan fingerprint density at radius 2 is 0.470 bits per heavy atom. The summed E-state index contributed by atoms with van der Waals surface area (Å²) in [4.78, 5) is 112. The number of carbonyl (C=O) groups excluding carboxylic acids is 8. The zero-order valence-corrected chi connectivity index (χ0v) is 46.9. The summed E-state index contributed by atoms with van der Waals surface area (Å²) in [5.41, 5.74) is 46.2. The van der Waals surface area contributed by atoms with Gasteiger partial charge in [-0.2, -0.15) is 0 Å². The summed E-state index contributed by atoms with van der Waals surface area (Å²) in [5, 5.41) is 86.4. The number of rotatable bonds is 44. The molecule has 0 rings (SSSR count). The smallest absolute Gasteiger partial charge is 0.243 e. The highest BCUT2D eigenvalue weighted by Crippen LogP contribution is 2.10. The van der Waals surface area contributed by atoms with Crippen LogP contribution in [0.15, 0.2) is 0 Å². The lowest BCUT2D eigenvalue weighted by Gasteiger charge is -2.28. The van der Waals surface area contributed by atoms with Crippen molar-refractivity contribution in [1.82, 2.24) is 74.5 Å². The van der Waals surface area contributed by atoms with Crippen molar-refractivity contribution in [2.24, 2.45) is 51.7 Å². The van der Waals surface area contributed by atoms with Crippen molar-refractivity contribution in [3.63, 3.8) is 0 Å². The minimum absolute atomic E-state index is 0.0267. The summed E-state index contributed by atoms with van der Waals surface area (Å²) in [7, 11) is 0. The second-order valence-electron chi connectivity index (χ2n) is 19.0. The van der Waals surface area contributed by atoms with Gasteiger partial charge in [-0.1, -0.05) is 0 Å². The Hall–Kier alpha value is -9.07. The molecular weight excluding hydrogens is 1090 g/mol. The van der Waals surface area contributed by atoms with Gasteiger partial charge in [-0.05, 0) is 96.8 Å². The van der Waals surface area contributed by atoms with Gasteiger partial charge in [-0.3, -0.25) is 82.1 Å². The molecule has 83 heavy (non-hydrogen) atoms. The molecule has 0 aliphatic heterocycles. The maximum Gasteiger partial charge on any atom is 0.243 e. The molecule has 0 aromatic rings. The lowest BCUT2D eigenvalue weighted by molar-refractivity contribution is -0.140. The van der Waals surface area contributed by atoms with Crippen molar-refractivity contribution in [1.29, 1.82) is 37.9 Å². The van der Waals surface area contributed by atoms with Gasteiger partial charge < -0.3 is 115 Å². The first-order chi connectivity index (χ1) is 39.1. The standard InChI is InChI=1S/C45H92N30O8/c1-23(46)31(76)32(77)24(9-2-16-62-39(47)48)69-33(78)25(10-3-17-63-40(49)50)70-34(79)26(11-4-18-64-41(51)52)71-35(80)27(12-5-19-65-42(53)54)72-36(81)28(13-6-20-66-43(55)56)73-37(82)29(14-7-21-67-44(57)58)74-38(83)30(75-61)15-8-22-68-45(59)60/h23-30,75H,2-22,46,61H2,1H3,(H,69,78)(H,70,79)(H,71,80)(H,72,81)(H,73,82)(H,74,83)(H4,47,48,62)(H4,49,50,63)(H4,51,52,64)(H4,53,54,65)(H4,55,56,66)(H4,57,58,67)(H4,59,60,68)/t23-,24-,25-,26-,27-,28-,29-,30-/m0/s1. The van der Waals surface area contributed by atoms with Crippen molar-refractivity contribution >= 4 is 88.7 Å². The monoisotopic (exact) mass is 1180 g/mol. The summed E-state index contributed by atoms with van der Waals surface area (Å²) in [6, 6.07) is -11.0. The third-order valence-electron chi connectivity index (χ3n) is 11.9. The molecule has 0 aliphatic carbocycles. The molecule has 38 nitrogen and oxygen atoms in total. The predicted molar refractivity (Wildman–Crippen MR) is 310 cm³/mol. The normalized spacial score (nSPS) is 13.5. The number of amides is 6. The molecule has 0 aromatic carbocycles. The first kappa shape index (κ1) is 73.9. The summed E-state index contributed by atoms with van der Waals surface area (Å²) in [6.07, 6.45) is 0.311. The van der Waals surface area contributed by atoms with Crippen molar-refractivity contribution in [3.8, 4) is 0 Å². The van der Waals surface area contributed by atoms with Crippen LogP contribution in [0.25, 0.3) is 0 Å². The summed E-state index contributed by atoms with van der Waals surface area (Å²) < 4.78 is 0. The zero-order valence-electron chi connectivity index (χ0n) is 46.9. The Morgan fingerprint density at radius 1 is 0.301 bits per heavy atom. The third kappa shape index (κ3) is 35.3. The average molecular weight is 1180 g/mol.